The molecule has 4 rings (SSSR count). The van der Waals surface area contributed by atoms with E-state index in [2.05, 4.69) is 18.8 Å². The highest BCUT2D eigenvalue weighted by molar-refractivity contribution is 6.42. The molecule has 2 saturated heterocycles. The summed E-state index contributed by atoms with van der Waals surface area (Å²) in [5.74, 6) is 0.435. The van der Waals surface area contributed by atoms with E-state index in [1.807, 2.05) is 25.7 Å². The Bertz CT molecular complexity index is 997. The van der Waals surface area contributed by atoms with Crippen LogP contribution in [-0.2, 0) is 9.47 Å². The number of methoxy groups -OCH3 is 1. The Hall–Kier alpha value is -1.97. The summed E-state index contributed by atoms with van der Waals surface area (Å²) in [7, 11) is 1.68. The monoisotopic (exact) mass is 514 g/mol. The van der Waals surface area contributed by atoms with Crippen molar-refractivity contribution in [2.75, 3.05) is 44.8 Å². The third-order valence-electron chi connectivity index (χ3n) is 6.70. The number of fused-ring (bicyclic) bond motifs is 2. The summed E-state index contributed by atoms with van der Waals surface area (Å²) in [5, 5.41) is 0.188. The molecule has 4 heterocycles. The molecule has 0 saturated carbocycles. The van der Waals surface area contributed by atoms with Crippen molar-refractivity contribution in [1.82, 2.24) is 14.8 Å². The van der Waals surface area contributed by atoms with Crippen LogP contribution in [-0.4, -0.2) is 90.0 Å². The number of anilines is 1. The normalized spacial score (nSPS) is 24.4. The van der Waals surface area contributed by atoms with Crippen LogP contribution in [0.25, 0.3) is 0 Å². The number of halogens is 2. The summed E-state index contributed by atoms with van der Waals surface area (Å²) in [5.41, 5.74) is -0.727. The Kier molecular flexibility index (Phi) is 6.59. The number of carbonyl (C=O) groups is 2. The lowest BCUT2D eigenvalue weighted by atomic mass is 9.98. The van der Waals surface area contributed by atoms with Gasteiger partial charge in [-0.25, -0.2) is 9.78 Å². The zero-order valence-electron chi connectivity index (χ0n) is 20.5. The molecule has 0 radical (unpaired) electrons. The molecule has 3 aliphatic rings. The molecule has 1 aromatic heterocycles. The van der Waals surface area contributed by atoms with Crippen molar-refractivity contribution in [2.24, 2.45) is 0 Å². The fourth-order valence-electron chi connectivity index (χ4n) is 4.95. The summed E-state index contributed by atoms with van der Waals surface area (Å²) in [4.78, 5) is 36.4. The topological polar surface area (TPSA) is 84.4 Å². The number of hydrogen-bond acceptors (Lipinski definition) is 7. The molecule has 9 nitrogen and oxygen atoms in total. The molecule has 0 N–H and O–H groups in total. The molecule has 0 aromatic carbocycles. The lowest BCUT2D eigenvalue weighted by Crippen LogP contribution is -2.58. The number of piperazine rings is 1. The van der Waals surface area contributed by atoms with Crippen LogP contribution < -0.4 is 9.64 Å². The van der Waals surface area contributed by atoms with Crippen molar-refractivity contribution < 1.29 is 23.8 Å². The third-order valence-corrected chi connectivity index (χ3v) is 7.42. The molecule has 2 atom stereocenters. The number of carbonyl (C=O) groups excluding carboxylic acids is 2. The highest BCUT2D eigenvalue weighted by Crippen LogP contribution is 2.45. The zero-order chi connectivity index (χ0) is 25.0. The smallest absolute Gasteiger partial charge is 0.410 e. The van der Waals surface area contributed by atoms with Crippen LogP contribution in [0, 0.1) is 0 Å². The SMILES string of the molecule is CO[C@@H]1CCN(c2nc(Cl)c(Cl)c3c2C(=O)N2CCN(C(=O)OC(C)(C)C)C[C@@H]2CO3)C1(C)C. The Morgan fingerprint density at radius 2 is 1.91 bits per heavy atom. The van der Waals surface area contributed by atoms with Crippen LogP contribution in [0.15, 0.2) is 0 Å². The van der Waals surface area contributed by atoms with E-state index in [1.165, 1.54) is 0 Å². The molecule has 0 unspecified atom stereocenters. The summed E-state index contributed by atoms with van der Waals surface area (Å²) in [6.07, 6.45) is 0.340. The highest BCUT2D eigenvalue weighted by Gasteiger charge is 2.47. The van der Waals surface area contributed by atoms with Gasteiger partial charge in [-0.1, -0.05) is 23.2 Å². The van der Waals surface area contributed by atoms with E-state index in [0.717, 1.165) is 6.42 Å². The lowest BCUT2D eigenvalue weighted by molar-refractivity contribution is 0.000951. The first-order chi connectivity index (χ1) is 15.8. The van der Waals surface area contributed by atoms with E-state index in [-0.39, 0.29) is 40.6 Å². The molecular formula is C23H32Cl2N4O5. The number of ether oxygens (including phenoxy) is 3. The molecule has 1 aromatic rings. The van der Waals surface area contributed by atoms with Gasteiger partial charge in [-0.2, -0.15) is 0 Å². The van der Waals surface area contributed by atoms with Crippen LogP contribution in [0.5, 0.6) is 5.75 Å². The Balaban J connectivity index is 1.68. The number of rotatable bonds is 2. The van der Waals surface area contributed by atoms with Crippen LogP contribution in [0.3, 0.4) is 0 Å². The second-order valence-corrected chi connectivity index (χ2v) is 11.2. The van der Waals surface area contributed by atoms with Gasteiger partial charge in [0.1, 0.15) is 28.6 Å². The van der Waals surface area contributed by atoms with E-state index in [4.69, 9.17) is 37.4 Å². The number of pyridine rings is 1. The first-order valence-electron chi connectivity index (χ1n) is 11.5. The summed E-state index contributed by atoms with van der Waals surface area (Å²) in [6.45, 7) is 11.4. The number of amides is 2. The van der Waals surface area contributed by atoms with Gasteiger partial charge in [0.05, 0.1) is 17.7 Å². The number of aromatic nitrogens is 1. The first-order valence-corrected chi connectivity index (χ1v) is 12.2. The van der Waals surface area contributed by atoms with E-state index in [1.54, 1.807) is 16.9 Å². The first kappa shape index (κ1) is 25.1. The minimum atomic E-state index is -0.604. The van der Waals surface area contributed by atoms with E-state index < -0.39 is 17.2 Å². The Morgan fingerprint density at radius 1 is 1.21 bits per heavy atom. The van der Waals surface area contributed by atoms with Crippen molar-refractivity contribution in [3.05, 3.63) is 15.7 Å². The standard InChI is InChI=1S/C23H32Cl2N4O5/c1-22(2,3)34-21(31)27-9-10-28-13(11-27)12-33-17-15(20(28)30)19(26-18(25)16(17)24)29-8-7-14(32-6)23(29,4)5/h13-14H,7-12H2,1-6H3/t13-,14-/m1/s1. The third kappa shape index (κ3) is 4.38. The summed E-state index contributed by atoms with van der Waals surface area (Å²) in [6, 6.07) is -0.359. The molecule has 188 valence electrons. The minimum Gasteiger partial charge on any atom is -0.489 e. The van der Waals surface area contributed by atoms with Crippen LogP contribution in [0.4, 0.5) is 10.6 Å². The van der Waals surface area contributed by atoms with Crippen molar-refractivity contribution >= 4 is 41.0 Å². The van der Waals surface area contributed by atoms with E-state index >= 15 is 0 Å². The molecule has 34 heavy (non-hydrogen) atoms. The second kappa shape index (κ2) is 8.91. The van der Waals surface area contributed by atoms with Crippen molar-refractivity contribution in [2.45, 2.75) is 64.3 Å². The Labute approximate surface area is 210 Å². The Morgan fingerprint density at radius 3 is 2.53 bits per heavy atom. The van der Waals surface area contributed by atoms with Gasteiger partial charge in [0.2, 0.25) is 0 Å². The van der Waals surface area contributed by atoms with Gasteiger partial charge >= 0.3 is 6.09 Å². The fourth-order valence-corrected chi connectivity index (χ4v) is 5.31. The molecule has 2 fully saturated rings. The second-order valence-electron chi connectivity index (χ2n) is 10.5. The van der Waals surface area contributed by atoms with E-state index in [9.17, 15) is 9.59 Å². The fraction of sp³-hybridized carbons (Fsp3) is 0.696. The molecule has 11 heteroatoms. The molecule has 0 aliphatic carbocycles. The molecular weight excluding hydrogens is 483 g/mol. The molecule has 0 bridgehead atoms. The van der Waals surface area contributed by atoms with Gasteiger partial charge in [0, 0.05) is 33.3 Å². The lowest BCUT2D eigenvalue weighted by Gasteiger charge is -2.40. The molecule has 0 spiro atoms. The maximum absolute atomic E-state index is 13.9. The quantitative estimate of drug-likeness (QED) is 0.554. The van der Waals surface area contributed by atoms with Gasteiger partial charge < -0.3 is 28.9 Å². The predicted octanol–water partition coefficient (Wildman–Crippen LogP) is 3.85. The largest absolute Gasteiger partial charge is 0.489 e. The average Bonchev–Trinajstić information content (AvgIpc) is 2.97. The molecule has 2 amide bonds. The zero-order valence-corrected chi connectivity index (χ0v) is 22.0. The summed E-state index contributed by atoms with van der Waals surface area (Å²) < 4.78 is 17.3. The van der Waals surface area contributed by atoms with Gasteiger partial charge in [-0.15, -0.1) is 0 Å². The van der Waals surface area contributed by atoms with E-state index in [0.29, 0.717) is 37.6 Å². The van der Waals surface area contributed by atoms with Gasteiger partial charge in [-0.05, 0) is 41.0 Å². The van der Waals surface area contributed by atoms with Crippen molar-refractivity contribution in [3.8, 4) is 5.75 Å². The van der Waals surface area contributed by atoms with Crippen LogP contribution >= 0.6 is 23.2 Å². The van der Waals surface area contributed by atoms with Gasteiger partial charge in [0.25, 0.3) is 5.91 Å². The average molecular weight is 515 g/mol. The van der Waals surface area contributed by atoms with Crippen LogP contribution in [0.1, 0.15) is 51.4 Å². The maximum atomic E-state index is 13.9. The van der Waals surface area contributed by atoms with Crippen molar-refractivity contribution in [3.63, 3.8) is 0 Å². The number of hydrogen-bond donors (Lipinski definition) is 0. The molecule has 3 aliphatic heterocycles. The van der Waals surface area contributed by atoms with Crippen molar-refractivity contribution in [1.29, 1.82) is 0 Å². The maximum Gasteiger partial charge on any atom is 0.410 e. The number of nitrogens with zero attached hydrogens (tertiary/aromatic N) is 4. The predicted molar refractivity (Wildman–Crippen MR) is 129 cm³/mol. The highest BCUT2D eigenvalue weighted by atomic mass is 35.5. The summed E-state index contributed by atoms with van der Waals surface area (Å²) >= 11 is 12.9. The van der Waals surface area contributed by atoms with Gasteiger partial charge in [0.15, 0.2) is 10.9 Å². The van der Waals surface area contributed by atoms with Crippen LogP contribution in [0.2, 0.25) is 10.2 Å². The van der Waals surface area contributed by atoms with Gasteiger partial charge in [-0.3, -0.25) is 4.79 Å². The minimum absolute atomic E-state index is 0.0358.